The Morgan fingerprint density at radius 1 is 0.763 bits per heavy atom. The molecule has 1 unspecified atom stereocenters. The number of rotatable bonds is 11. The summed E-state index contributed by atoms with van der Waals surface area (Å²) in [6.45, 7) is 2.66. The minimum absolute atomic E-state index is 0.0881. The van der Waals surface area contributed by atoms with E-state index in [-0.39, 0.29) is 30.7 Å². The fraction of sp³-hybridized carbons (Fsp3) is 0.212. The first kappa shape index (κ1) is 27.2. The van der Waals surface area contributed by atoms with Gasteiger partial charge in [0, 0.05) is 36.9 Å². The fourth-order valence-corrected chi connectivity index (χ4v) is 4.98. The summed E-state index contributed by atoms with van der Waals surface area (Å²) in [5.41, 5.74) is 4.00. The van der Waals surface area contributed by atoms with Crippen LogP contribution < -0.4 is 5.32 Å². The van der Waals surface area contributed by atoms with E-state index in [0.717, 1.165) is 22.3 Å². The predicted octanol–water partition coefficient (Wildman–Crippen LogP) is 6.64. The van der Waals surface area contributed by atoms with E-state index in [2.05, 4.69) is 29.6 Å². The molecule has 0 fully saturated rings. The number of nitrogens with zero attached hydrogens (tertiary/aromatic N) is 1. The van der Waals surface area contributed by atoms with Gasteiger partial charge in [-0.15, -0.1) is 0 Å². The Labute approximate surface area is 230 Å². The van der Waals surface area contributed by atoms with Gasteiger partial charge in [-0.3, -0.25) is 9.59 Å². The molecule has 0 aliphatic heterocycles. The molecule has 4 nitrogen and oxygen atoms in total. The van der Waals surface area contributed by atoms with Crippen molar-refractivity contribution in [3.05, 3.63) is 143 Å². The van der Waals surface area contributed by atoms with Crippen LogP contribution in [0.15, 0.2) is 115 Å². The zero-order valence-electron chi connectivity index (χ0n) is 21.6. The van der Waals surface area contributed by atoms with Crippen molar-refractivity contribution in [1.82, 2.24) is 10.2 Å². The second kappa shape index (κ2) is 13.6. The van der Waals surface area contributed by atoms with Crippen molar-refractivity contribution in [1.29, 1.82) is 0 Å². The molecule has 2 amide bonds. The largest absolute Gasteiger partial charge is 0.355 e. The van der Waals surface area contributed by atoms with Gasteiger partial charge in [-0.1, -0.05) is 115 Å². The zero-order valence-corrected chi connectivity index (χ0v) is 22.4. The standard InChI is InChI=1S/C33H33ClN2O2/c1-2-35-33(38)31(22-25-13-6-3-7-14-25)36(24-26-15-12-20-29(34)21-26)32(37)23-30(27-16-8-4-9-17-27)28-18-10-5-11-19-28/h3-21,30-31H,2,22-24H2,1H3,(H,35,38). The number of carbonyl (C=O) groups is 2. The van der Waals surface area contributed by atoms with E-state index < -0.39 is 6.04 Å². The molecule has 0 radical (unpaired) electrons. The first-order valence-electron chi connectivity index (χ1n) is 13.0. The zero-order chi connectivity index (χ0) is 26.7. The van der Waals surface area contributed by atoms with Gasteiger partial charge in [0.25, 0.3) is 0 Å². The molecule has 194 valence electrons. The molecule has 1 N–H and O–H groups in total. The Morgan fingerprint density at radius 2 is 1.32 bits per heavy atom. The Bertz CT molecular complexity index is 1270. The second-order valence-electron chi connectivity index (χ2n) is 9.33. The van der Waals surface area contributed by atoms with Gasteiger partial charge in [-0.05, 0) is 41.3 Å². The lowest BCUT2D eigenvalue weighted by atomic mass is 9.87. The van der Waals surface area contributed by atoms with Crippen LogP contribution in [0.5, 0.6) is 0 Å². The third kappa shape index (κ3) is 7.33. The van der Waals surface area contributed by atoms with Crippen molar-refractivity contribution in [3.63, 3.8) is 0 Å². The number of likely N-dealkylation sites (N-methyl/N-ethyl adjacent to an activating group) is 1. The lowest BCUT2D eigenvalue weighted by Crippen LogP contribution is -2.50. The van der Waals surface area contributed by atoms with Gasteiger partial charge in [0.1, 0.15) is 6.04 Å². The van der Waals surface area contributed by atoms with Gasteiger partial charge in [-0.2, -0.15) is 0 Å². The van der Waals surface area contributed by atoms with E-state index in [1.54, 1.807) is 4.90 Å². The molecule has 0 saturated carbocycles. The van der Waals surface area contributed by atoms with E-state index in [1.165, 1.54) is 0 Å². The molecule has 5 heteroatoms. The minimum atomic E-state index is -0.670. The molecule has 0 aromatic heterocycles. The van der Waals surface area contributed by atoms with Crippen LogP contribution in [0.1, 0.15) is 41.5 Å². The Hall–Kier alpha value is -3.89. The average molecular weight is 525 g/mol. The maximum absolute atomic E-state index is 14.2. The van der Waals surface area contributed by atoms with Gasteiger partial charge < -0.3 is 10.2 Å². The van der Waals surface area contributed by atoms with Gasteiger partial charge in [0.2, 0.25) is 11.8 Å². The van der Waals surface area contributed by atoms with Crippen molar-refractivity contribution in [3.8, 4) is 0 Å². The SMILES string of the molecule is CCNC(=O)C(Cc1ccccc1)N(Cc1cccc(Cl)c1)C(=O)CC(c1ccccc1)c1ccccc1. The lowest BCUT2D eigenvalue weighted by molar-refractivity contribution is -0.141. The number of hydrogen-bond acceptors (Lipinski definition) is 2. The van der Waals surface area contributed by atoms with Gasteiger partial charge >= 0.3 is 0 Å². The number of halogens is 1. The van der Waals surface area contributed by atoms with E-state index >= 15 is 0 Å². The quantitative estimate of drug-likeness (QED) is 0.239. The van der Waals surface area contributed by atoms with Crippen LogP contribution in [0.4, 0.5) is 0 Å². The van der Waals surface area contributed by atoms with Crippen LogP contribution in [0.3, 0.4) is 0 Å². The van der Waals surface area contributed by atoms with Gasteiger partial charge in [0.05, 0.1) is 0 Å². The molecule has 0 aliphatic rings. The Balaban J connectivity index is 1.72. The maximum Gasteiger partial charge on any atom is 0.243 e. The number of nitrogens with one attached hydrogen (secondary N) is 1. The maximum atomic E-state index is 14.2. The summed E-state index contributed by atoms with van der Waals surface area (Å²) in [4.78, 5) is 29.4. The highest BCUT2D eigenvalue weighted by Gasteiger charge is 2.32. The molecule has 0 heterocycles. The highest BCUT2D eigenvalue weighted by atomic mass is 35.5. The highest BCUT2D eigenvalue weighted by Crippen LogP contribution is 2.30. The van der Waals surface area contributed by atoms with Crippen molar-refractivity contribution in [2.24, 2.45) is 0 Å². The third-order valence-electron chi connectivity index (χ3n) is 6.65. The number of amides is 2. The van der Waals surface area contributed by atoms with Crippen LogP contribution in [0.25, 0.3) is 0 Å². The number of carbonyl (C=O) groups excluding carboxylic acids is 2. The van der Waals surface area contributed by atoms with Crippen molar-refractivity contribution in [2.75, 3.05) is 6.54 Å². The Morgan fingerprint density at radius 3 is 1.87 bits per heavy atom. The topological polar surface area (TPSA) is 49.4 Å². The summed E-state index contributed by atoms with van der Waals surface area (Å²) in [6.07, 6.45) is 0.652. The second-order valence-corrected chi connectivity index (χ2v) is 9.77. The lowest BCUT2D eigenvalue weighted by Gasteiger charge is -2.33. The van der Waals surface area contributed by atoms with Crippen LogP contribution in [0.2, 0.25) is 5.02 Å². The summed E-state index contributed by atoms with van der Waals surface area (Å²) >= 11 is 6.29. The molecule has 1 atom stereocenters. The number of benzene rings is 4. The fourth-order valence-electron chi connectivity index (χ4n) is 4.77. The average Bonchev–Trinajstić information content (AvgIpc) is 2.95. The third-order valence-corrected chi connectivity index (χ3v) is 6.88. The molecular weight excluding hydrogens is 492 g/mol. The summed E-state index contributed by atoms with van der Waals surface area (Å²) in [6, 6.07) is 36.8. The summed E-state index contributed by atoms with van der Waals surface area (Å²) in [5, 5.41) is 3.55. The smallest absolute Gasteiger partial charge is 0.243 e. The minimum Gasteiger partial charge on any atom is -0.355 e. The van der Waals surface area contributed by atoms with Crippen LogP contribution in [-0.2, 0) is 22.6 Å². The summed E-state index contributed by atoms with van der Waals surface area (Å²) in [5.74, 6) is -0.393. The van der Waals surface area contributed by atoms with E-state index in [0.29, 0.717) is 18.0 Å². The highest BCUT2D eigenvalue weighted by molar-refractivity contribution is 6.30. The molecule has 0 bridgehead atoms. The van der Waals surface area contributed by atoms with Crippen LogP contribution in [-0.4, -0.2) is 29.3 Å². The van der Waals surface area contributed by atoms with E-state index in [1.807, 2.05) is 97.9 Å². The van der Waals surface area contributed by atoms with Crippen LogP contribution >= 0.6 is 11.6 Å². The molecule has 4 rings (SSSR count). The predicted molar refractivity (Wildman–Crippen MR) is 154 cm³/mol. The molecule has 0 saturated heterocycles. The summed E-state index contributed by atoms with van der Waals surface area (Å²) < 4.78 is 0. The van der Waals surface area contributed by atoms with E-state index in [4.69, 9.17) is 11.6 Å². The van der Waals surface area contributed by atoms with Gasteiger partial charge in [0.15, 0.2) is 0 Å². The van der Waals surface area contributed by atoms with Crippen molar-refractivity contribution < 1.29 is 9.59 Å². The molecule has 0 aliphatic carbocycles. The van der Waals surface area contributed by atoms with Crippen LogP contribution in [0, 0.1) is 0 Å². The molecule has 38 heavy (non-hydrogen) atoms. The molecule has 4 aromatic carbocycles. The summed E-state index contributed by atoms with van der Waals surface area (Å²) in [7, 11) is 0. The van der Waals surface area contributed by atoms with E-state index in [9.17, 15) is 9.59 Å². The first-order chi connectivity index (χ1) is 18.5. The number of hydrogen-bond donors (Lipinski definition) is 1. The van der Waals surface area contributed by atoms with Crippen molar-refractivity contribution >= 4 is 23.4 Å². The molecule has 4 aromatic rings. The van der Waals surface area contributed by atoms with Crippen molar-refractivity contribution in [2.45, 2.75) is 38.3 Å². The molecule has 0 spiro atoms. The first-order valence-corrected chi connectivity index (χ1v) is 13.4. The monoisotopic (exact) mass is 524 g/mol. The van der Waals surface area contributed by atoms with Gasteiger partial charge in [-0.25, -0.2) is 0 Å². The molecular formula is C33H33ClN2O2. The normalized spacial score (nSPS) is 11.7. The Kier molecular flexibility index (Phi) is 9.71.